The van der Waals surface area contributed by atoms with E-state index >= 15 is 0 Å². The minimum absolute atomic E-state index is 0.208. The molecule has 0 radical (unpaired) electrons. The van der Waals surface area contributed by atoms with Crippen LogP contribution in [0.3, 0.4) is 0 Å². The van der Waals surface area contributed by atoms with Gasteiger partial charge in [0.25, 0.3) is 5.56 Å². The zero-order chi connectivity index (χ0) is 11.8. The molecule has 17 heavy (non-hydrogen) atoms. The number of hydrogen-bond donors (Lipinski definition) is 1. The third-order valence-corrected chi connectivity index (χ3v) is 3.51. The minimum Gasteiger partial charge on any atom is -0.312 e. The van der Waals surface area contributed by atoms with Gasteiger partial charge in [0.2, 0.25) is 0 Å². The van der Waals surface area contributed by atoms with Crippen LogP contribution >= 0.6 is 11.3 Å². The number of halogens is 1. The maximum atomic E-state index is 13.5. The molecule has 0 aliphatic carbocycles. The zero-order valence-corrected chi connectivity index (χ0v) is 9.29. The Bertz CT molecular complexity index is 750. The van der Waals surface area contributed by atoms with Crippen LogP contribution in [0.15, 0.2) is 35.6 Å². The van der Waals surface area contributed by atoms with E-state index in [1.807, 2.05) is 0 Å². The van der Waals surface area contributed by atoms with E-state index < -0.39 is 5.82 Å². The molecule has 0 unspecified atom stereocenters. The molecule has 3 rings (SSSR count). The Morgan fingerprint density at radius 3 is 3.06 bits per heavy atom. The van der Waals surface area contributed by atoms with Crippen molar-refractivity contribution < 1.29 is 4.39 Å². The van der Waals surface area contributed by atoms with Gasteiger partial charge in [-0.25, -0.2) is 9.37 Å². The molecule has 3 heterocycles. The Kier molecular flexibility index (Phi) is 2.22. The second-order valence-electron chi connectivity index (χ2n) is 3.41. The van der Waals surface area contributed by atoms with Gasteiger partial charge in [-0.15, -0.1) is 11.3 Å². The summed E-state index contributed by atoms with van der Waals surface area (Å²) in [6.07, 6.45) is 4.00. The second-order valence-corrected chi connectivity index (χ2v) is 4.46. The number of pyridine rings is 1. The summed E-state index contributed by atoms with van der Waals surface area (Å²) in [7, 11) is 0. The summed E-state index contributed by atoms with van der Waals surface area (Å²) in [6, 6.07) is 3.28. The summed E-state index contributed by atoms with van der Waals surface area (Å²) >= 11 is 1.22. The van der Waals surface area contributed by atoms with Crippen molar-refractivity contribution in [3.63, 3.8) is 0 Å². The van der Waals surface area contributed by atoms with Crippen molar-refractivity contribution in [2.75, 3.05) is 0 Å². The van der Waals surface area contributed by atoms with Gasteiger partial charge < -0.3 is 4.98 Å². The molecule has 0 spiro atoms. The predicted molar refractivity (Wildman–Crippen MR) is 63.4 cm³/mol. The first-order chi connectivity index (χ1) is 8.25. The number of thiophene rings is 1. The van der Waals surface area contributed by atoms with Crippen LogP contribution in [0.4, 0.5) is 4.39 Å². The molecule has 0 fully saturated rings. The molecular weight excluding hydrogens is 241 g/mol. The topological polar surface area (TPSA) is 58.6 Å². The summed E-state index contributed by atoms with van der Waals surface area (Å²) in [5.74, 6) is -0.407. The average molecular weight is 247 g/mol. The molecule has 0 aliphatic heterocycles. The number of aromatic nitrogens is 3. The van der Waals surface area contributed by atoms with Crippen molar-refractivity contribution in [2.45, 2.75) is 0 Å². The smallest absolute Gasteiger partial charge is 0.268 e. The van der Waals surface area contributed by atoms with Crippen molar-refractivity contribution in [1.29, 1.82) is 0 Å². The number of hydrogen-bond acceptors (Lipinski definition) is 4. The lowest BCUT2D eigenvalue weighted by Crippen LogP contribution is -2.02. The fourth-order valence-electron chi connectivity index (χ4n) is 1.57. The van der Waals surface area contributed by atoms with Crippen LogP contribution in [0.2, 0.25) is 0 Å². The van der Waals surface area contributed by atoms with Crippen LogP contribution in [-0.4, -0.2) is 15.0 Å². The van der Waals surface area contributed by atoms with E-state index in [9.17, 15) is 9.18 Å². The summed E-state index contributed by atoms with van der Waals surface area (Å²) in [5, 5.41) is 0. The van der Waals surface area contributed by atoms with Gasteiger partial charge in [0.1, 0.15) is 10.5 Å². The highest BCUT2D eigenvalue weighted by molar-refractivity contribution is 7.22. The van der Waals surface area contributed by atoms with Crippen LogP contribution in [0.25, 0.3) is 20.7 Å². The quantitative estimate of drug-likeness (QED) is 0.717. The fraction of sp³-hybridized carbons (Fsp3) is 0. The highest BCUT2D eigenvalue weighted by Crippen LogP contribution is 2.31. The number of H-pyrrole nitrogens is 1. The highest BCUT2D eigenvalue weighted by Gasteiger charge is 2.10. The van der Waals surface area contributed by atoms with Crippen LogP contribution in [0.5, 0.6) is 0 Å². The number of nitrogens with zero attached hydrogens (tertiary/aromatic N) is 2. The first-order valence-corrected chi connectivity index (χ1v) is 5.64. The Morgan fingerprint density at radius 1 is 1.41 bits per heavy atom. The number of aromatic amines is 1. The van der Waals surface area contributed by atoms with Gasteiger partial charge in [-0.1, -0.05) is 0 Å². The van der Waals surface area contributed by atoms with Crippen molar-refractivity contribution >= 4 is 21.6 Å². The predicted octanol–water partition coefficient (Wildman–Crippen LogP) is 2.19. The molecular formula is C11H6FN3OS. The van der Waals surface area contributed by atoms with E-state index in [0.717, 1.165) is 6.20 Å². The summed E-state index contributed by atoms with van der Waals surface area (Å²) < 4.78 is 14.0. The highest BCUT2D eigenvalue weighted by atomic mass is 32.1. The molecule has 0 aliphatic rings. The molecule has 0 saturated heterocycles. The summed E-state index contributed by atoms with van der Waals surface area (Å²) in [6.45, 7) is 0. The molecule has 1 N–H and O–H groups in total. The van der Waals surface area contributed by atoms with Crippen LogP contribution in [0.1, 0.15) is 0 Å². The van der Waals surface area contributed by atoms with E-state index in [0.29, 0.717) is 20.7 Å². The van der Waals surface area contributed by atoms with Crippen LogP contribution in [-0.2, 0) is 0 Å². The SMILES string of the molecule is O=c1[nH]cnc2cc(-c3ccncc3F)sc12. The van der Waals surface area contributed by atoms with Gasteiger partial charge in [0.15, 0.2) is 0 Å². The lowest BCUT2D eigenvalue weighted by molar-refractivity contribution is 0.625. The molecule has 0 saturated carbocycles. The van der Waals surface area contributed by atoms with Gasteiger partial charge in [-0.2, -0.15) is 0 Å². The van der Waals surface area contributed by atoms with Gasteiger partial charge in [-0.05, 0) is 12.1 Å². The maximum absolute atomic E-state index is 13.5. The number of nitrogens with one attached hydrogen (secondary N) is 1. The number of fused-ring (bicyclic) bond motifs is 1. The molecule has 6 heteroatoms. The molecule has 0 bridgehead atoms. The molecule has 84 valence electrons. The summed E-state index contributed by atoms with van der Waals surface area (Å²) in [4.78, 5) is 22.4. The maximum Gasteiger partial charge on any atom is 0.268 e. The van der Waals surface area contributed by atoms with E-state index in [1.54, 1.807) is 12.1 Å². The van der Waals surface area contributed by atoms with E-state index in [1.165, 1.54) is 23.9 Å². The van der Waals surface area contributed by atoms with E-state index in [-0.39, 0.29) is 5.56 Å². The van der Waals surface area contributed by atoms with Gasteiger partial charge in [0.05, 0.1) is 18.0 Å². The third kappa shape index (κ3) is 1.62. The zero-order valence-electron chi connectivity index (χ0n) is 8.48. The third-order valence-electron chi connectivity index (χ3n) is 2.36. The van der Waals surface area contributed by atoms with Gasteiger partial charge >= 0.3 is 0 Å². The lowest BCUT2D eigenvalue weighted by Gasteiger charge is -1.96. The van der Waals surface area contributed by atoms with Crippen LogP contribution < -0.4 is 5.56 Å². The Balaban J connectivity index is 2.30. The molecule has 0 atom stereocenters. The minimum atomic E-state index is -0.407. The first-order valence-electron chi connectivity index (χ1n) is 4.83. The standard InChI is InChI=1S/C11H6FN3OS/c12-7-4-13-2-1-6(7)9-3-8-10(17-9)11(16)15-5-14-8/h1-5H,(H,14,15,16). The Labute approximate surface area is 98.8 Å². The molecule has 4 nitrogen and oxygen atoms in total. The first kappa shape index (κ1) is 10.1. The van der Waals surface area contributed by atoms with E-state index in [2.05, 4.69) is 15.0 Å². The largest absolute Gasteiger partial charge is 0.312 e. The number of rotatable bonds is 1. The molecule has 0 aromatic carbocycles. The second kappa shape index (κ2) is 3.74. The van der Waals surface area contributed by atoms with Crippen LogP contribution in [0, 0.1) is 5.82 Å². The van der Waals surface area contributed by atoms with Crippen molar-refractivity contribution in [1.82, 2.24) is 15.0 Å². The van der Waals surface area contributed by atoms with Crippen molar-refractivity contribution in [3.05, 3.63) is 47.0 Å². The lowest BCUT2D eigenvalue weighted by atomic mass is 10.2. The fourth-order valence-corrected chi connectivity index (χ4v) is 2.61. The van der Waals surface area contributed by atoms with E-state index in [4.69, 9.17) is 0 Å². The normalized spacial score (nSPS) is 10.9. The Hall–Kier alpha value is -2.08. The monoisotopic (exact) mass is 247 g/mol. The van der Waals surface area contributed by atoms with Gasteiger partial charge in [-0.3, -0.25) is 9.78 Å². The molecule has 3 aromatic heterocycles. The van der Waals surface area contributed by atoms with Crippen molar-refractivity contribution in [2.24, 2.45) is 0 Å². The van der Waals surface area contributed by atoms with Gasteiger partial charge in [0, 0.05) is 16.6 Å². The Morgan fingerprint density at radius 2 is 2.29 bits per heavy atom. The van der Waals surface area contributed by atoms with Crippen molar-refractivity contribution in [3.8, 4) is 10.4 Å². The summed E-state index contributed by atoms with van der Waals surface area (Å²) in [5.41, 5.74) is 0.799. The molecule has 0 amide bonds. The average Bonchev–Trinajstić information content (AvgIpc) is 2.75. The molecule has 3 aromatic rings.